The molecule has 0 unspecified atom stereocenters. The molecule has 11 rings (SSSR count). The molecule has 4 heterocycles. The molecule has 0 aliphatic rings. The summed E-state index contributed by atoms with van der Waals surface area (Å²) < 4.78 is 6.27. The molecular formula is C53H33N5O. The Morgan fingerprint density at radius 3 is 1.37 bits per heavy atom. The highest BCUT2D eigenvalue weighted by molar-refractivity contribution is 6.14. The summed E-state index contributed by atoms with van der Waals surface area (Å²) in [6.45, 7) is 0. The third-order valence-electron chi connectivity index (χ3n) is 10.9. The molecule has 11 aromatic rings. The average molecular weight is 756 g/mol. The predicted octanol–water partition coefficient (Wildman–Crippen LogP) is 13.4. The van der Waals surface area contributed by atoms with E-state index in [1.807, 2.05) is 73.1 Å². The molecule has 0 amide bonds. The van der Waals surface area contributed by atoms with Gasteiger partial charge in [0, 0.05) is 44.6 Å². The topological polar surface area (TPSA) is 77.6 Å². The maximum Gasteiger partial charge on any atom is 0.164 e. The quantitative estimate of drug-likeness (QED) is 0.161. The number of furan rings is 1. The second-order valence-corrected chi connectivity index (χ2v) is 14.5. The van der Waals surface area contributed by atoms with Gasteiger partial charge in [0.1, 0.15) is 5.58 Å². The fraction of sp³-hybridized carbons (Fsp3) is 0. The van der Waals surface area contributed by atoms with Crippen LogP contribution in [0.3, 0.4) is 0 Å². The van der Waals surface area contributed by atoms with E-state index >= 15 is 0 Å². The third kappa shape index (κ3) is 6.49. The Labute approximate surface area is 340 Å². The van der Waals surface area contributed by atoms with Crippen molar-refractivity contribution in [2.24, 2.45) is 0 Å². The Kier molecular flexibility index (Phi) is 8.37. The SMILES string of the molecule is c1ccc(-c2ccc(-c3nc(-c4ccccc4)nc(-c4ccc(-c5ccc(-c6cccc(-c7cc8c(cn7)oc7c9ccccc9ncc87)c6)cc5)cc4)n3)cc2)cc1. The number of para-hydroxylation sites is 1. The number of fused-ring (bicyclic) bond motifs is 5. The van der Waals surface area contributed by atoms with Crippen LogP contribution in [0.5, 0.6) is 0 Å². The van der Waals surface area contributed by atoms with Gasteiger partial charge in [0.2, 0.25) is 0 Å². The minimum atomic E-state index is 0.627. The molecule has 0 aliphatic carbocycles. The van der Waals surface area contributed by atoms with Gasteiger partial charge in [0.25, 0.3) is 0 Å². The van der Waals surface area contributed by atoms with E-state index in [4.69, 9.17) is 24.4 Å². The van der Waals surface area contributed by atoms with Crippen molar-refractivity contribution in [2.45, 2.75) is 0 Å². The van der Waals surface area contributed by atoms with Crippen LogP contribution < -0.4 is 0 Å². The molecule has 0 fully saturated rings. The molecule has 6 heteroatoms. The summed E-state index contributed by atoms with van der Waals surface area (Å²) >= 11 is 0. The van der Waals surface area contributed by atoms with Crippen molar-refractivity contribution in [3.63, 3.8) is 0 Å². The first-order valence-corrected chi connectivity index (χ1v) is 19.6. The Hall–Kier alpha value is -8.09. The summed E-state index contributed by atoms with van der Waals surface area (Å²) in [4.78, 5) is 24.3. The lowest BCUT2D eigenvalue weighted by Crippen LogP contribution is -2.00. The van der Waals surface area contributed by atoms with Crippen LogP contribution >= 0.6 is 0 Å². The lowest BCUT2D eigenvalue weighted by atomic mass is 9.97. The van der Waals surface area contributed by atoms with Gasteiger partial charge in [-0.1, -0.05) is 164 Å². The highest BCUT2D eigenvalue weighted by atomic mass is 16.3. The molecule has 59 heavy (non-hydrogen) atoms. The lowest BCUT2D eigenvalue weighted by Gasteiger charge is -2.10. The molecule has 0 spiro atoms. The Morgan fingerprint density at radius 2 is 0.763 bits per heavy atom. The van der Waals surface area contributed by atoms with E-state index in [0.29, 0.717) is 17.5 Å². The van der Waals surface area contributed by atoms with E-state index in [-0.39, 0.29) is 0 Å². The van der Waals surface area contributed by atoms with Crippen molar-refractivity contribution in [3.8, 4) is 78.8 Å². The van der Waals surface area contributed by atoms with Gasteiger partial charge in [-0.3, -0.25) is 9.97 Å². The Bertz CT molecular complexity index is 3290. The number of rotatable bonds is 7. The summed E-state index contributed by atoms with van der Waals surface area (Å²) in [7, 11) is 0. The molecule has 0 atom stereocenters. The first-order chi connectivity index (χ1) is 29.2. The molecule has 276 valence electrons. The first kappa shape index (κ1) is 34.2. The molecule has 0 saturated heterocycles. The molecule has 0 bridgehead atoms. The minimum Gasteiger partial charge on any atom is -0.454 e. The van der Waals surface area contributed by atoms with E-state index < -0.39 is 0 Å². The molecule has 7 aromatic carbocycles. The zero-order chi connectivity index (χ0) is 39.1. The highest BCUT2D eigenvalue weighted by Crippen LogP contribution is 2.36. The number of hydrogen-bond acceptors (Lipinski definition) is 6. The summed E-state index contributed by atoms with van der Waals surface area (Å²) in [5, 5.41) is 2.99. The Balaban J connectivity index is 0.866. The van der Waals surface area contributed by atoms with E-state index in [9.17, 15) is 0 Å². The van der Waals surface area contributed by atoms with Crippen LogP contribution in [-0.4, -0.2) is 24.9 Å². The van der Waals surface area contributed by atoms with Gasteiger partial charge in [-0.05, 0) is 57.6 Å². The summed E-state index contributed by atoms with van der Waals surface area (Å²) in [6, 6.07) is 64.6. The smallest absolute Gasteiger partial charge is 0.164 e. The third-order valence-corrected chi connectivity index (χ3v) is 10.9. The van der Waals surface area contributed by atoms with Crippen LogP contribution in [0.1, 0.15) is 0 Å². The monoisotopic (exact) mass is 755 g/mol. The normalized spacial score (nSPS) is 11.4. The minimum absolute atomic E-state index is 0.627. The first-order valence-electron chi connectivity index (χ1n) is 19.6. The maximum atomic E-state index is 6.27. The van der Waals surface area contributed by atoms with Gasteiger partial charge in [0.15, 0.2) is 23.1 Å². The van der Waals surface area contributed by atoms with Crippen LogP contribution in [0.4, 0.5) is 0 Å². The van der Waals surface area contributed by atoms with E-state index in [1.54, 1.807) is 0 Å². The fourth-order valence-corrected chi connectivity index (χ4v) is 7.74. The molecule has 0 radical (unpaired) electrons. The van der Waals surface area contributed by atoms with Crippen LogP contribution in [-0.2, 0) is 0 Å². The number of pyridine rings is 2. The van der Waals surface area contributed by atoms with Crippen molar-refractivity contribution >= 4 is 32.8 Å². The molecule has 0 aliphatic heterocycles. The fourth-order valence-electron chi connectivity index (χ4n) is 7.74. The van der Waals surface area contributed by atoms with Gasteiger partial charge in [-0.15, -0.1) is 0 Å². The van der Waals surface area contributed by atoms with E-state index in [2.05, 4.69) is 132 Å². The van der Waals surface area contributed by atoms with Crippen molar-refractivity contribution in [1.29, 1.82) is 0 Å². The second kappa shape index (κ2) is 14.4. The zero-order valence-electron chi connectivity index (χ0n) is 31.7. The molecule has 0 N–H and O–H groups in total. The van der Waals surface area contributed by atoms with Crippen molar-refractivity contribution in [2.75, 3.05) is 0 Å². The maximum absolute atomic E-state index is 6.27. The van der Waals surface area contributed by atoms with Crippen LogP contribution in [0.15, 0.2) is 205 Å². The zero-order valence-corrected chi connectivity index (χ0v) is 31.7. The predicted molar refractivity (Wildman–Crippen MR) is 238 cm³/mol. The summed E-state index contributed by atoms with van der Waals surface area (Å²) in [5.74, 6) is 1.90. The highest BCUT2D eigenvalue weighted by Gasteiger charge is 2.15. The lowest BCUT2D eigenvalue weighted by molar-refractivity contribution is 0.670. The molecular weight excluding hydrogens is 723 g/mol. The van der Waals surface area contributed by atoms with Crippen molar-refractivity contribution in [3.05, 3.63) is 200 Å². The Morgan fingerprint density at radius 1 is 0.305 bits per heavy atom. The number of hydrogen-bond donors (Lipinski definition) is 0. The molecule has 4 aromatic heterocycles. The van der Waals surface area contributed by atoms with E-state index in [0.717, 1.165) is 88.6 Å². The van der Waals surface area contributed by atoms with Gasteiger partial charge in [-0.2, -0.15) is 0 Å². The number of benzene rings is 7. The van der Waals surface area contributed by atoms with Crippen LogP contribution in [0.2, 0.25) is 0 Å². The van der Waals surface area contributed by atoms with Gasteiger partial charge in [0.05, 0.1) is 17.4 Å². The van der Waals surface area contributed by atoms with Gasteiger partial charge >= 0.3 is 0 Å². The van der Waals surface area contributed by atoms with E-state index in [1.165, 1.54) is 5.56 Å². The molecule has 6 nitrogen and oxygen atoms in total. The number of aromatic nitrogens is 5. The standard InChI is InChI=1S/C53H33N5O/c1-3-10-34(11-4-1)35-22-26-40(27-23-35)52-56-51(39-12-5-2-6-13-39)57-53(58-52)41-28-24-37(25-29-41)36-18-20-38(21-19-36)42-14-9-15-43(30-42)48-31-45-46-32-54-47-17-8-7-16-44(47)50(46)59-49(45)33-55-48/h1-33H. The van der Waals surface area contributed by atoms with Gasteiger partial charge in [-0.25, -0.2) is 15.0 Å². The largest absolute Gasteiger partial charge is 0.454 e. The van der Waals surface area contributed by atoms with Crippen LogP contribution in [0, 0.1) is 0 Å². The van der Waals surface area contributed by atoms with Crippen LogP contribution in [0.25, 0.3) is 112 Å². The second-order valence-electron chi connectivity index (χ2n) is 14.5. The van der Waals surface area contributed by atoms with Gasteiger partial charge < -0.3 is 4.42 Å². The van der Waals surface area contributed by atoms with Crippen molar-refractivity contribution in [1.82, 2.24) is 24.9 Å². The summed E-state index contributed by atoms with van der Waals surface area (Å²) in [6.07, 6.45) is 3.72. The molecule has 0 saturated carbocycles. The average Bonchev–Trinajstić information content (AvgIpc) is 3.71. The van der Waals surface area contributed by atoms with Crippen molar-refractivity contribution < 1.29 is 4.42 Å². The number of nitrogens with zero attached hydrogens (tertiary/aromatic N) is 5. The summed E-state index contributed by atoms with van der Waals surface area (Å²) in [5.41, 5.74) is 14.0.